The van der Waals surface area contributed by atoms with Crippen LogP contribution in [0.25, 0.3) is 11.0 Å². The number of rotatable bonds is 2. The van der Waals surface area contributed by atoms with Crippen molar-refractivity contribution < 1.29 is 20.1 Å². The van der Waals surface area contributed by atoms with Crippen molar-refractivity contribution in [1.29, 1.82) is 0 Å². The summed E-state index contributed by atoms with van der Waals surface area (Å²) in [7, 11) is 0. The largest absolute Gasteiger partial charge is 0.480 e. The number of aromatic amines is 1. The van der Waals surface area contributed by atoms with E-state index in [1.54, 1.807) is 6.07 Å². The van der Waals surface area contributed by atoms with Crippen molar-refractivity contribution in [2.75, 3.05) is 18.1 Å². The Bertz CT molecular complexity index is 850. The van der Waals surface area contributed by atoms with E-state index in [1.807, 2.05) is 30.3 Å². The molecule has 8 nitrogen and oxygen atoms in total. The van der Waals surface area contributed by atoms with Crippen LogP contribution in [0.5, 0.6) is 0 Å². The van der Waals surface area contributed by atoms with E-state index in [0.29, 0.717) is 17.2 Å². The average molecular weight is 490 g/mol. The highest BCUT2D eigenvalue weighted by molar-refractivity contribution is 9.11. The highest BCUT2D eigenvalue weighted by atomic mass is 79.9. The molecule has 0 aliphatic heterocycles. The van der Waals surface area contributed by atoms with Gasteiger partial charge in [-0.3, -0.25) is 0 Å². The van der Waals surface area contributed by atoms with Crippen LogP contribution < -0.4 is 11.5 Å². The van der Waals surface area contributed by atoms with Crippen LogP contribution in [0.1, 0.15) is 5.82 Å². The Hall–Kier alpha value is -2.14. The third-order valence-corrected chi connectivity index (χ3v) is 4.22. The average Bonchev–Trinajstić information content (AvgIpc) is 3.05. The van der Waals surface area contributed by atoms with Gasteiger partial charge >= 0.3 is 5.97 Å². The van der Waals surface area contributed by atoms with Crippen molar-refractivity contribution >= 4 is 60.2 Å². The van der Waals surface area contributed by atoms with Crippen LogP contribution >= 0.6 is 31.9 Å². The fourth-order valence-corrected chi connectivity index (χ4v) is 2.51. The molecule has 0 aliphatic rings. The summed E-state index contributed by atoms with van der Waals surface area (Å²) in [6.07, 6.45) is 0. The number of H-pyrrole nitrogens is 1. The number of nitrogens with zero attached hydrogens (tertiary/aromatic N) is 1. The van der Waals surface area contributed by atoms with Crippen molar-refractivity contribution in [3.05, 3.63) is 51.2 Å². The third-order valence-electron chi connectivity index (χ3n) is 2.88. The zero-order valence-electron chi connectivity index (χ0n) is 13.5. The Morgan fingerprint density at radius 3 is 2.12 bits per heavy atom. The monoisotopic (exact) mass is 488 g/mol. The van der Waals surface area contributed by atoms with E-state index < -0.39 is 12.6 Å². The summed E-state index contributed by atoms with van der Waals surface area (Å²) >= 11 is 6.62. The van der Waals surface area contributed by atoms with Crippen LogP contribution in [-0.4, -0.2) is 37.9 Å². The fraction of sp³-hybridized carbons (Fsp3) is 0.125. The van der Waals surface area contributed by atoms with Crippen LogP contribution in [0, 0.1) is 0 Å². The number of carboxylic acid groups (broad SMARTS) is 1. The minimum absolute atomic E-state index is 0.0544. The second-order valence-corrected chi connectivity index (χ2v) is 6.48. The molecule has 0 spiro atoms. The molecule has 0 bridgehead atoms. The molecule has 140 valence electrons. The van der Waals surface area contributed by atoms with Crippen LogP contribution in [-0.2, 0) is 11.4 Å². The normalized spacial score (nSPS) is 9.69. The van der Waals surface area contributed by atoms with Crippen molar-refractivity contribution in [3.8, 4) is 0 Å². The lowest BCUT2D eigenvalue weighted by atomic mass is 10.3. The van der Waals surface area contributed by atoms with Gasteiger partial charge in [0.25, 0.3) is 0 Å². The predicted molar refractivity (Wildman–Crippen MR) is 107 cm³/mol. The Labute approximate surface area is 166 Å². The second kappa shape index (κ2) is 10.8. The number of hydrogen-bond donors (Lipinski definition) is 6. The smallest absolute Gasteiger partial charge is 0.329 e. The number of nitrogens with one attached hydrogen (secondary N) is 1. The molecule has 0 radical (unpaired) electrons. The van der Waals surface area contributed by atoms with E-state index in [4.69, 9.17) is 31.6 Å². The molecule has 8 N–H and O–H groups in total. The molecule has 1 heterocycles. The molecule has 0 aliphatic carbocycles. The van der Waals surface area contributed by atoms with Crippen LogP contribution in [0.4, 0.5) is 11.4 Å². The Morgan fingerprint density at radius 2 is 1.65 bits per heavy atom. The van der Waals surface area contributed by atoms with Crippen LogP contribution in [0.15, 0.2) is 45.3 Å². The highest BCUT2D eigenvalue weighted by Crippen LogP contribution is 2.24. The van der Waals surface area contributed by atoms with Crippen molar-refractivity contribution in [3.63, 3.8) is 0 Å². The number of hydrogen-bond acceptors (Lipinski definition) is 6. The number of carboxylic acids is 1. The number of aliphatic carboxylic acids is 1. The van der Waals surface area contributed by atoms with Gasteiger partial charge in [0.2, 0.25) is 0 Å². The fourth-order valence-electron chi connectivity index (χ4n) is 1.68. The minimum atomic E-state index is -1.19. The lowest BCUT2D eigenvalue weighted by Gasteiger charge is -1.99. The number of anilines is 2. The summed E-state index contributed by atoms with van der Waals surface area (Å²) in [5, 5.41) is 23.8. The first-order chi connectivity index (χ1) is 12.3. The lowest BCUT2D eigenvalue weighted by Crippen LogP contribution is -1.98. The summed E-state index contributed by atoms with van der Waals surface area (Å²) in [6.45, 7) is -0.832. The first-order valence-electron chi connectivity index (χ1n) is 7.16. The lowest BCUT2D eigenvalue weighted by molar-refractivity contribution is -0.140. The SMILES string of the molecule is Nc1cccc(Br)c1N.O=C(O)CO.OCc1nc2c(Br)cccc2[nH]1. The van der Waals surface area contributed by atoms with Gasteiger partial charge in [0.05, 0.1) is 16.9 Å². The zero-order valence-corrected chi connectivity index (χ0v) is 16.7. The summed E-state index contributed by atoms with van der Waals surface area (Å²) in [5.41, 5.74) is 14.0. The van der Waals surface area contributed by atoms with Gasteiger partial charge in [0.1, 0.15) is 24.6 Å². The van der Waals surface area contributed by atoms with E-state index in [-0.39, 0.29) is 6.61 Å². The zero-order chi connectivity index (χ0) is 19.7. The molecule has 3 aromatic rings. The van der Waals surface area contributed by atoms with Gasteiger partial charge in [-0.15, -0.1) is 0 Å². The number of carbonyl (C=O) groups is 1. The quantitative estimate of drug-likeness (QED) is 0.301. The third kappa shape index (κ3) is 6.64. The number of para-hydroxylation sites is 2. The number of imidazole rings is 1. The number of benzene rings is 2. The van der Waals surface area contributed by atoms with E-state index in [9.17, 15) is 0 Å². The number of nitrogens with two attached hydrogens (primary N) is 2. The van der Waals surface area contributed by atoms with Gasteiger partial charge in [0, 0.05) is 8.95 Å². The van der Waals surface area contributed by atoms with Crippen molar-refractivity contribution in [2.24, 2.45) is 0 Å². The van der Waals surface area contributed by atoms with Gasteiger partial charge in [0.15, 0.2) is 0 Å². The number of aromatic nitrogens is 2. The molecular weight excluding hydrogens is 472 g/mol. The van der Waals surface area contributed by atoms with E-state index >= 15 is 0 Å². The van der Waals surface area contributed by atoms with E-state index in [0.717, 1.165) is 20.0 Å². The minimum Gasteiger partial charge on any atom is -0.480 e. The molecule has 0 unspecified atom stereocenters. The Kier molecular flexibility index (Phi) is 9.07. The molecule has 3 rings (SSSR count). The van der Waals surface area contributed by atoms with Gasteiger partial charge in [-0.1, -0.05) is 12.1 Å². The first-order valence-corrected chi connectivity index (χ1v) is 8.74. The maximum Gasteiger partial charge on any atom is 0.329 e. The van der Waals surface area contributed by atoms with E-state index in [2.05, 4.69) is 41.8 Å². The van der Waals surface area contributed by atoms with Crippen LogP contribution in [0.3, 0.4) is 0 Å². The van der Waals surface area contributed by atoms with Crippen molar-refractivity contribution in [2.45, 2.75) is 6.61 Å². The number of aliphatic hydroxyl groups is 2. The van der Waals surface area contributed by atoms with Gasteiger partial charge in [-0.2, -0.15) is 0 Å². The molecular formula is C16H18Br2N4O4. The number of halogens is 2. The molecule has 0 saturated heterocycles. The Morgan fingerprint density at radius 1 is 1.08 bits per heavy atom. The number of aliphatic hydroxyl groups excluding tert-OH is 2. The summed E-state index contributed by atoms with van der Waals surface area (Å²) in [6, 6.07) is 11.2. The first kappa shape index (κ1) is 21.9. The van der Waals surface area contributed by atoms with Crippen LogP contribution in [0.2, 0.25) is 0 Å². The second-order valence-electron chi connectivity index (χ2n) is 4.77. The van der Waals surface area contributed by atoms with Gasteiger partial charge in [-0.25, -0.2) is 9.78 Å². The number of nitrogen functional groups attached to an aromatic ring is 2. The molecule has 0 amide bonds. The molecule has 0 saturated carbocycles. The summed E-state index contributed by atoms with van der Waals surface area (Å²) in [4.78, 5) is 16.3. The number of fused-ring (bicyclic) bond motifs is 1. The Balaban J connectivity index is 0.000000214. The topological polar surface area (TPSA) is 158 Å². The van der Waals surface area contributed by atoms with Gasteiger partial charge in [-0.05, 0) is 56.1 Å². The molecule has 0 fully saturated rings. The maximum absolute atomic E-state index is 9.12. The summed E-state index contributed by atoms with van der Waals surface area (Å²) < 4.78 is 1.79. The highest BCUT2D eigenvalue weighted by Gasteiger charge is 2.03. The maximum atomic E-state index is 9.12. The molecule has 0 atom stereocenters. The van der Waals surface area contributed by atoms with E-state index in [1.165, 1.54) is 0 Å². The molecule has 1 aromatic heterocycles. The van der Waals surface area contributed by atoms with Gasteiger partial charge < -0.3 is 31.8 Å². The molecule has 10 heteroatoms. The molecule has 2 aromatic carbocycles. The van der Waals surface area contributed by atoms with Crippen molar-refractivity contribution in [1.82, 2.24) is 9.97 Å². The predicted octanol–water partition coefficient (Wildman–Crippen LogP) is 2.49. The molecule has 26 heavy (non-hydrogen) atoms. The summed E-state index contributed by atoms with van der Waals surface area (Å²) in [5.74, 6) is -0.595. The standard InChI is InChI=1S/C8H7BrN2O.C6H7BrN2.C2H4O3/c9-5-2-1-3-6-8(5)11-7(4-12)10-6;7-4-2-1-3-5(8)6(4)9;3-1-2(4)5/h1-3,12H,4H2,(H,10,11);1-3H,8-9H2;3H,1H2,(H,4,5).